The molecule has 4 heteroatoms. The molecule has 0 aromatic carbocycles. The van der Waals surface area contributed by atoms with E-state index in [0.717, 1.165) is 5.69 Å². The van der Waals surface area contributed by atoms with Crippen molar-refractivity contribution in [3.8, 4) is 17.6 Å². The van der Waals surface area contributed by atoms with Gasteiger partial charge < -0.3 is 10.1 Å². The molecule has 1 N–H and O–H groups in total. The lowest BCUT2D eigenvalue weighted by molar-refractivity contribution is -0.116. The highest BCUT2D eigenvalue weighted by Gasteiger charge is 1.91. The zero-order valence-corrected chi connectivity index (χ0v) is 10.6. The van der Waals surface area contributed by atoms with Crippen LogP contribution in [0.1, 0.15) is 12.6 Å². The minimum atomic E-state index is -0.143. The maximum Gasteiger partial charge on any atom is 0.244 e. The number of allylic oxidation sites excluding steroid dienone is 1. The molecule has 1 amide bonds. The van der Waals surface area contributed by atoms with Gasteiger partial charge >= 0.3 is 0 Å². The first-order valence-electron chi connectivity index (χ1n) is 5.64. The van der Waals surface area contributed by atoms with E-state index in [2.05, 4.69) is 22.1 Å². The summed E-state index contributed by atoms with van der Waals surface area (Å²) < 4.78 is 5.35. The largest absolute Gasteiger partial charge is 0.479 e. The molecule has 1 heterocycles. The van der Waals surface area contributed by atoms with Gasteiger partial charge in [0, 0.05) is 5.69 Å². The molecule has 0 aliphatic rings. The quantitative estimate of drug-likeness (QED) is 0.644. The summed E-state index contributed by atoms with van der Waals surface area (Å²) >= 11 is 0. The number of pyridine rings is 1. The summed E-state index contributed by atoms with van der Waals surface area (Å²) in [5.41, 5.74) is 0.945. The van der Waals surface area contributed by atoms with Crippen molar-refractivity contribution < 1.29 is 9.53 Å². The lowest BCUT2D eigenvalue weighted by Gasteiger charge is -2.00. The van der Waals surface area contributed by atoms with Crippen molar-refractivity contribution in [1.29, 1.82) is 0 Å². The van der Waals surface area contributed by atoms with E-state index in [1.54, 1.807) is 19.2 Å². The third-order valence-corrected chi connectivity index (χ3v) is 1.99. The Balaban J connectivity index is 2.22. The van der Waals surface area contributed by atoms with Crippen molar-refractivity contribution in [2.45, 2.75) is 13.8 Å². The molecule has 4 nitrogen and oxygen atoms in total. The van der Waals surface area contributed by atoms with Gasteiger partial charge in [-0.15, -0.1) is 0 Å². The standard InChI is InChI=1S/C14H16N2O2/c1-3-6-14(17)15-9-4-5-10-18-13-8-7-12(2)16-11-13/h3,6-8,11H,9-10H2,1-2H3,(H,15,17)/b6-3+. The molecule has 0 aliphatic carbocycles. The van der Waals surface area contributed by atoms with Gasteiger partial charge in [0.2, 0.25) is 5.91 Å². The number of ether oxygens (including phenoxy) is 1. The fourth-order valence-corrected chi connectivity index (χ4v) is 1.11. The van der Waals surface area contributed by atoms with Crippen LogP contribution in [-0.4, -0.2) is 24.0 Å². The average molecular weight is 244 g/mol. The van der Waals surface area contributed by atoms with Crippen LogP contribution in [0.2, 0.25) is 0 Å². The molecule has 0 saturated heterocycles. The van der Waals surface area contributed by atoms with E-state index in [9.17, 15) is 4.79 Å². The van der Waals surface area contributed by atoms with Crippen LogP contribution >= 0.6 is 0 Å². The highest BCUT2D eigenvalue weighted by Crippen LogP contribution is 2.07. The highest BCUT2D eigenvalue weighted by atomic mass is 16.5. The Hall–Kier alpha value is -2.28. The number of hydrogen-bond donors (Lipinski definition) is 1. The summed E-state index contributed by atoms with van der Waals surface area (Å²) in [5.74, 6) is 6.15. The molecule has 0 spiro atoms. The van der Waals surface area contributed by atoms with Gasteiger partial charge in [-0.25, -0.2) is 0 Å². The number of hydrogen-bond acceptors (Lipinski definition) is 3. The molecule has 0 saturated carbocycles. The second kappa shape index (κ2) is 7.91. The predicted octanol–water partition coefficient (Wildman–Crippen LogP) is 1.46. The molecule has 0 fully saturated rings. The first-order valence-corrected chi connectivity index (χ1v) is 5.64. The van der Waals surface area contributed by atoms with Crippen molar-refractivity contribution >= 4 is 5.91 Å². The molecule has 94 valence electrons. The van der Waals surface area contributed by atoms with Crippen LogP contribution in [-0.2, 0) is 4.79 Å². The number of rotatable bonds is 4. The summed E-state index contributed by atoms with van der Waals surface area (Å²) in [5, 5.41) is 2.62. The van der Waals surface area contributed by atoms with Gasteiger partial charge in [-0.1, -0.05) is 17.9 Å². The number of amides is 1. The Morgan fingerprint density at radius 1 is 1.50 bits per heavy atom. The summed E-state index contributed by atoms with van der Waals surface area (Å²) in [6.07, 6.45) is 4.79. The Labute approximate surface area is 107 Å². The number of aromatic nitrogens is 1. The topological polar surface area (TPSA) is 51.2 Å². The molecule has 1 rings (SSSR count). The fraction of sp³-hybridized carbons (Fsp3) is 0.286. The van der Waals surface area contributed by atoms with E-state index >= 15 is 0 Å². The van der Waals surface area contributed by atoms with Gasteiger partial charge in [-0.3, -0.25) is 9.78 Å². The maximum atomic E-state index is 11.0. The summed E-state index contributed by atoms with van der Waals surface area (Å²) in [6, 6.07) is 3.72. The van der Waals surface area contributed by atoms with Gasteiger partial charge in [0.25, 0.3) is 0 Å². The summed E-state index contributed by atoms with van der Waals surface area (Å²) in [4.78, 5) is 15.1. The Morgan fingerprint density at radius 3 is 3.00 bits per heavy atom. The number of carbonyl (C=O) groups is 1. The first-order chi connectivity index (χ1) is 8.72. The summed E-state index contributed by atoms with van der Waals surface area (Å²) in [6.45, 7) is 4.30. The minimum Gasteiger partial charge on any atom is -0.479 e. The smallest absolute Gasteiger partial charge is 0.244 e. The van der Waals surface area contributed by atoms with Crippen molar-refractivity contribution in [2.24, 2.45) is 0 Å². The Kier molecular flexibility index (Phi) is 6.05. The van der Waals surface area contributed by atoms with Crippen molar-refractivity contribution in [2.75, 3.05) is 13.2 Å². The third kappa shape index (κ3) is 5.71. The molecule has 0 atom stereocenters. The van der Waals surface area contributed by atoms with Crippen molar-refractivity contribution in [3.05, 3.63) is 36.2 Å². The number of nitrogens with zero attached hydrogens (tertiary/aromatic N) is 1. The molecule has 0 radical (unpaired) electrons. The van der Waals surface area contributed by atoms with E-state index in [0.29, 0.717) is 12.3 Å². The third-order valence-electron chi connectivity index (χ3n) is 1.99. The van der Waals surface area contributed by atoms with Crippen molar-refractivity contribution in [3.63, 3.8) is 0 Å². The van der Waals surface area contributed by atoms with Crippen LogP contribution in [0.15, 0.2) is 30.5 Å². The molecule has 1 aromatic rings. The van der Waals surface area contributed by atoms with Crippen LogP contribution in [0.5, 0.6) is 5.75 Å². The minimum absolute atomic E-state index is 0.143. The molecule has 0 aliphatic heterocycles. The Bertz CT molecular complexity index is 467. The Morgan fingerprint density at radius 2 is 2.33 bits per heavy atom. The summed E-state index contributed by atoms with van der Waals surface area (Å²) in [7, 11) is 0. The predicted molar refractivity (Wildman–Crippen MR) is 70.1 cm³/mol. The van der Waals surface area contributed by atoms with Gasteiger partial charge in [0.1, 0.15) is 12.4 Å². The fourth-order valence-electron chi connectivity index (χ4n) is 1.11. The number of aryl methyl sites for hydroxylation is 1. The van der Waals surface area contributed by atoms with E-state index in [1.165, 1.54) is 6.08 Å². The molecular weight excluding hydrogens is 228 g/mol. The molecule has 1 aromatic heterocycles. The monoisotopic (exact) mass is 244 g/mol. The number of nitrogens with one attached hydrogen (secondary N) is 1. The molecule has 0 bridgehead atoms. The van der Waals surface area contributed by atoms with Gasteiger partial charge in [0.15, 0.2) is 0 Å². The van der Waals surface area contributed by atoms with Crippen LogP contribution in [0, 0.1) is 18.8 Å². The van der Waals surface area contributed by atoms with Crippen LogP contribution in [0.4, 0.5) is 0 Å². The van der Waals surface area contributed by atoms with Crippen molar-refractivity contribution in [1.82, 2.24) is 10.3 Å². The highest BCUT2D eigenvalue weighted by molar-refractivity contribution is 5.87. The molecule has 18 heavy (non-hydrogen) atoms. The average Bonchev–Trinajstić information content (AvgIpc) is 2.36. The lowest BCUT2D eigenvalue weighted by Crippen LogP contribution is -2.21. The van der Waals surface area contributed by atoms with Gasteiger partial charge in [0.05, 0.1) is 12.7 Å². The van der Waals surface area contributed by atoms with Crippen LogP contribution < -0.4 is 10.1 Å². The van der Waals surface area contributed by atoms with Crippen LogP contribution in [0.3, 0.4) is 0 Å². The zero-order valence-electron chi connectivity index (χ0n) is 10.6. The van der Waals surface area contributed by atoms with Gasteiger partial charge in [-0.2, -0.15) is 0 Å². The zero-order chi connectivity index (χ0) is 13.2. The maximum absolute atomic E-state index is 11.0. The molecular formula is C14H16N2O2. The lowest BCUT2D eigenvalue weighted by atomic mass is 10.4. The van der Waals surface area contributed by atoms with Crippen LogP contribution in [0.25, 0.3) is 0 Å². The molecule has 0 unspecified atom stereocenters. The number of carbonyl (C=O) groups excluding carboxylic acids is 1. The van der Waals surface area contributed by atoms with E-state index < -0.39 is 0 Å². The SMILES string of the molecule is C/C=C/C(=O)NCC#CCOc1ccc(C)nc1. The second-order valence-corrected chi connectivity index (χ2v) is 3.50. The first kappa shape index (κ1) is 13.8. The van der Waals surface area contributed by atoms with E-state index in [-0.39, 0.29) is 12.5 Å². The van der Waals surface area contributed by atoms with E-state index in [1.807, 2.05) is 19.1 Å². The van der Waals surface area contributed by atoms with E-state index in [4.69, 9.17) is 4.74 Å². The second-order valence-electron chi connectivity index (χ2n) is 3.50. The normalized spacial score (nSPS) is 9.67. The van der Waals surface area contributed by atoms with Gasteiger partial charge in [-0.05, 0) is 32.1 Å².